The van der Waals surface area contributed by atoms with E-state index < -0.39 is 0 Å². The van der Waals surface area contributed by atoms with Crippen molar-refractivity contribution in [3.63, 3.8) is 0 Å². The highest BCUT2D eigenvalue weighted by atomic mass is 16.5. The number of ether oxygens (including phenoxy) is 1. The molecule has 1 aliphatic heterocycles. The van der Waals surface area contributed by atoms with Crippen LogP contribution < -0.4 is 5.73 Å². The minimum atomic E-state index is -0.0738. The molecule has 16 heavy (non-hydrogen) atoms. The van der Waals surface area contributed by atoms with Gasteiger partial charge in [0.15, 0.2) is 5.76 Å². The van der Waals surface area contributed by atoms with Crippen molar-refractivity contribution >= 4 is 5.91 Å². The molecular formula is C11H16N2O3. The van der Waals surface area contributed by atoms with Gasteiger partial charge in [0.2, 0.25) is 0 Å². The molecule has 88 valence electrons. The molecule has 1 unspecified atom stereocenters. The van der Waals surface area contributed by atoms with Crippen molar-refractivity contribution in [3.8, 4) is 0 Å². The van der Waals surface area contributed by atoms with Gasteiger partial charge in [0.05, 0.1) is 19.0 Å². The molecule has 1 aromatic heterocycles. The number of nitrogens with zero attached hydrogens (tertiary/aromatic N) is 1. The lowest BCUT2D eigenvalue weighted by Crippen LogP contribution is -2.46. The van der Waals surface area contributed by atoms with Gasteiger partial charge in [0.25, 0.3) is 5.91 Å². The summed E-state index contributed by atoms with van der Waals surface area (Å²) >= 11 is 0. The fourth-order valence-corrected chi connectivity index (χ4v) is 1.82. The second-order valence-corrected chi connectivity index (χ2v) is 3.80. The highest BCUT2D eigenvalue weighted by Gasteiger charge is 2.25. The molecule has 2 rings (SSSR count). The van der Waals surface area contributed by atoms with Gasteiger partial charge < -0.3 is 19.8 Å². The van der Waals surface area contributed by atoms with E-state index in [0.717, 1.165) is 6.42 Å². The quantitative estimate of drug-likeness (QED) is 0.810. The summed E-state index contributed by atoms with van der Waals surface area (Å²) < 4.78 is 10.6. The predicted octanol–water partition coefficient (Wildman–Crippen LogP) is 0.469. The van der Waals surface area contributed by atoms with Crippen LogP contribution in [0.2, 0.25) is 0 Å². The van der Waals surface area contributed by atoms with Crippen LogP contribution in [0.15, 0.2) is 22.8 Å². The molecule has 2 N–H and O–H groups in total. The van der Waals surface area contributed by atoms with Crippen molar-refractivity contribution in [1.29, 1.82) is 0 Å². The average molecular weight is 224 g/mol. The third-order valence-electron chi connectivity index (χ3n) is 2.65. The lowest BCUT2D eigenvalue weighted by molar-refractivity contribution is -0.0245. The van der Waals surface area contributed by atoms with E-state index in [1.165, 1.54) is 6.26 Å². The molecule has 5 nitrogen and oxygen atoms in total. The van der Waals surface area contributed by atoms with Crippen molar-refractivity contribution in [3.05, 3.63) is 24.2 Å². The van der Waals surface area contributed by atoms with Gasteiger partial charge in [0.1, 0.15) is 0 Å². The Morgan fingerprint density at radius 2 is 2.50 bits per heavy atom. The minimum Gasteiger partial charge on any atom is -0.459 e. The van der Waals surface area contributed by atoms with E-state index in [1.807, 2.05) is 0 Å². The van der Waals surface area contributed by atoms with Crippen molar-refractivity contribution < 1.29 is 13.9 Å². The van der Waals surface area contributed by atoms with Gasteiger partial charge in [-0.2, -0.15) is 0 Å². The normalized spacial score (nSPS) is 21.1. The number of morpholine rings is 1. The first-order chi connectivity index (χ1) is 7.81. The first kappa shape index (κ1) is 11.2. The number of furan rings is 1. The molecule has 0 saturated carbocycles. The van der Waals surface area contributed by atoms with Crippen LogP contribution in [-0.2, 0) is 4.74 Å². The largest absolute Gasteiger partial charge is 0.459 e. The van der Waals surface area contributed by atoms with Gasteiger partial charge in [-0.15, -0.1) is 0 Å². The predicted molar refractivity (Wildman–Crippen MR) is 58.0 cm³/mol. The maximum absolute atomic E-state index is 12.0. The van der Waals surface area contributed by atoms with Crippen molar-refractivity contribution in [2.75, 3.05) is 26.2 Å². The van der Waals surface area contributed by atoms with E-state index in [9.17, 15) is 4.79 Å². The summed E-state index contributed by atoms with van der Waals surface area (Å²) in [5, 5.41) is 0. The first-order valence-corrected chi connectivity index (χ1v) is 5.45. The molecule has 0 aliphatic carbocycles. The fourth-order valence-electron chi connectivity index (χ4n) is 1.82. The maximum atomic E-state index is 12.0. The zero-order valence-electron chi connectivity index (χ0n) is 9.09. The number of hydrogen-bond donors (Lipinski definition) is 1. The molecule has 0 bridgehead atoms. The van der Waals surface area contributed by atoms with Crippen LogP contribution in [0.5, 0.6) is 0 Å². The van der Waals surface area contributed by atoms with Crippen LogP contribution in [-0.4, -0.2) is 43.2 Å². The minimum absolute atomic E-state index is 0.0534. The Morgan fingerprint density at radius 1 is 1.62 bits per heavy atom. The Morgan fingerprint density at radius 3 is 3.19 bits per heavy atom. The number of hydrogen-bond acceptors (Lipinski definition) is 4. The van der Waals surface area contributed by atoms with Gasteiger partial charge in [-0.3, -0.25) is 4.79 Å². The van der Waals surface area contributed by atoms with Crippen LogP contribution in [0.4, 0.5) is 0 Å². The topological polar surface area (TPSA) is 68.7 Å². The van der Waals surface area contributed by atoms with Crippen LogP contribution in [0.3, 0.4) is 0 Å². The molecule has 0 radical (unpaired) electrons. The highest BCUT2D eigenvalue weighted by molar-refractivity contribution is 5.91. The Bertz CT molecular complexity index is 335. The molecule has 0 aromatic carbocycles. The first-order valence-electron chi connectivity index (χ1n) is 5.45. The van der Waals surface area contributed by atoms with Gasteiger partial charge in [0, 0.05) is 13.1 Å². The highest BCUT2D eigenvalue weighted by Crippen LogP contribution is 2.12. The molecule has 1 saturated heterocycles. The third-order valence-corrected chi connectivity index (χ3v) is 2.65. The summed E-state index contributed by atoms with van der Waals surface area (Å²) in [4.78, 5) is 13.7. The Balaban J connectivity index is 1.96. The summed E-state index contributed by atoms with van der Waals surface area (Å²) in [5.74, 6) is 0.309. The van der Waals surface area contributed by atoms with E-state index in [2.05, 4.69) is 0 Å². The van der Waals surface area contributed by atoms with Crippen LogP contribution >= 0.6 is 0 Å². The lowest BCUT2D eigenvalue weighted by Gasteiger charge is -2.32. The van der Waals surface area contributed by atoms with Crippen LogP contribution in [0, 0.1) is 0 Å². The van der Waals surface area contributed by atoms with Gasteiger partial charge in [-0.1, -0.05) is 0 Å². The molecule has 1 aromatic rings. The van der Waals surface area contributed by atoms with E-state index in [1.54, 1.807) is 17.0 Å². The van der Waals surface area contributed by atoms with Crippen molar-refractivity contribution in [2.45, 2.75) is 12.5 Å². The molecule has 1 amide bonds. The molecule has 0 spiro atoms. The van der Waals surface area contributed by atoms with E-state index in [4.69, 9.17) is 14.9 Å². The lowest BCUT2D eigenvalue weighted by atomic mass is 10.2. The van der Waals surface area contributed by atoms with E-state index >= 15 is 0 Å². The number of amides is 1. The van der Waals surface area contributed by atoms with E-state index in [0.29, 0.717) is 32.0 Å². The zero-order chi connectivity index (χ0) is 11.4. The number of nitrogens with two attached hydrogens (primary N) is 1. The molecule has 1 aliphatic rings. The zero-order valence-corrected chi connectivity index (χ0v) is 9.09. The number of carbonyl (C=O) groups excluding carboxylic acids is 1. The molecule has 1 fully saturated rings. The second-order valence-electron chi connectivity index (χ2n) is 3.80. The fraction of sp³-hybridized carbons (Fsp3) is 0.545. The summed E-state index contributed by atoms with van der Waals surface area (Å²) in [6.45, 7) is 2.35. The van der Waals surface area contributed by atoms with Gasteiger partial charge in [-0.25, -0.2) is 0 Å². The number of rotatable bonds is 3. The number of carbonyl (C=O) groups is 1. The Labute approximate surface area is 94.1 Å². The summed E-state index contributed by atoms with van der Waals surface area (Å²) in [6.07, 6.45) is 2.34. The second kappa shape index (κ2) is 5.14. The van der Waals surface area contributed by atoms with Crippen molar-refractivity contribution in [1.82, 2.24) is 4.90 Å². The molecular weight excluding hydrogens is 208 g/mol. The summed E-state index contributed by atoms with van der Waals surface area (Å²) in [5.41, 5.74) is 5.47. The van der Waals surface area contributed by atoms with Gasteiger partial charge >= 0.3 is 0 Å². The van der Waals surface area contributed by atoms with Gasteiger partial charge in [-0.05, 0) is 25.1 Å². The van der Waals surface area contributed by atoms with Crippen LogP contribution in [0.1, 0.15) is 17.0 Å². The Hall–Kier alpha value is -1.33. The van der Waals surface area contributed by atoms with Crippen LogP contribution in [0.25, 0.3) is 0 Å². The monoisotopic (exact) mass is 224 g/mol. The molecule has 2 heterocycles. The average Bonchev–Trinajstić information content (AvgIpc) is 2.82. The smallest absolute Gasteiger partial charge is 0.289 e. The summed E-state index contributed by atoms with van der Waals surface area (Å²) in [7, 11) is 0. The summed E-state index contributed by atoms with van der Waals surface area (Å²) in [6, 6.07) is 3.39. The SMILES string of the molecule is NCCC1CN(C(=O)c2ccco2)CCO1. The third kappa shape index (κ3) is 2.43. The maximum Gasteiger partial charge on any atom is 0.289 e. The van der Waals surface area contributed by atoms with Crippen molar-refractivity contribution in [2.24, 2.45) is 5.73 Å². The Kier molecular flexibility index (Phi) is 3.58. The molecule has 5 heteroatoms. The molecule has 1 atom stereocenters. The van der Waals surface area contributed by atoms with E-state index in [-0.39, 0.29) is 12.0 Å². The standard InChI is InChI=1S/C11H16N2O3/c12-4-3-9-8-13(5-7-15-9)11(14)10-2-1-6-16-10/h1-2,6,9H,3-5,7-8,12H2.